The van der Waals surface area contributed by atoms with E-state index in [-0.39, 0.29) is 16.9 Å². The lowest BCUT2D eigenvalue weighted by atomic mass is 9.64. The number of hydrogen-bond donors (Lipinski definition) is 1. The highest BCUT2D eigenvalue weighted by atomic mass is 16.3. The van der Waals surface area contributed by atoms with Crippen molar-refractivity contribution in [3.05, 3.63) is 0 Å². The molecule has 1 N–H and O–H groups in total. The van der Waals surface area contributed by atoms with Gasteiger partial charge in [-0.1, -0.05) is 27.7 Å². The molecular formula is C15H26O. The number of aliphatic hydroxyl groups excluding tert-OH is 1. The van der Waals surface area contributed by atoms with Crippen LogP contribution in [0.4, 0.5) is 0 Å². The normalized spacial score (nSPS) is 58.7. The van der Waals surface area contributed by atoms with Crippen LogP contribution in [0, 0.1) is 28.1 Å². The number of hydrogen-bond acceptors (Lipinski definition) is 1. The van der Waals surface area contributed by atoms with Gasteiger partial charge in [0, 0.05) is 5.41 Å². The van der Waals surface area contributed by atoms with E-state index in [9.17, 15) is 5.11 Å². The molecule has 1 unspecified atom stereocenters. The molecule has 3 aliphatic carbocycles. The topological polar surface area (TPSA) is 20.2 Å². The first kappa shape index (κ1) is 11.1. The molecule has 0 aromatic carbocycles. The Morgan fingerprint density at radius 2 is 1.75 bits per heavy atom. The first-order chi connectivity index (χ1) is 7.33. The van der Waals surface area contributed by atoms with Crippen molar-refractivity contribution in [1.29, 1.82) is 0 Å². The molecule has 0 heterocycles. The number of aliphatic hydroxyl groups is 1. The van der Waals surface area contributed by atoms with Crippen molar-refractivity contribution < 1.29 is 5.11 Å². The Bertz CT molecular complexity index is 321. The molecule has 0 bridgehead atoms. The summed E-state index contributed by atoms with van der Waals surface area (Å²) in [6.45, 7) is 9.41. The molecule has 3 fully saturated rings. The molecule has 5 atom stereocenters. The summed E-state index contributed by atoms with van der Waals surface area (Å²) in [6, 6.07) is 0. The Hall–Kier alpha value is -0.0400. The van der Waals surface area contributed by atoms with Crippen LogP contribution in [0.25, 0.3) is 0 Å². The van der Waals surface area contributed by atoms with Gasteiger partial charge in [-0.15, -0.1) is 0 Å². The molecule has 16 heavy (non-hydrogen) atoms. The maximum Gasteiger partial charge on any atom is 0.0655 e. The highest BCUT2D eigenvalue weighted by molar-refractivity contribution is 5.20. The molecule has 92 valence electrons. The average molecular weight is 222 g/mol. The minimum atomic E-state index is -0.0672. The molecule has 1 nitrogen and oxygen atoms in total. The summed E-state index contributed by atoms with van der Waals surface area (Å²) in [5.74, 6) is 1.64. The highest BCUT2D eigenvalue weighted by Gasteiger charge is 2.71. The Balaban J connectivity index is 2.10. The van der Waals surface area contributed by atoms with Gasteiger partial charge in [-0.25, -0.2) is 0 Å². The summed E-state index contributed by atoms with van der Waals surface area (Å²) in [5.41, 5.74) is 0.832. The summed E-state index contributed by atoms with van der Waals surface area (Å²) in [6.07, 6.45) is 6.49. The van der Waals surface area contributed by atoms with E-state index in [0.717, 1.165) is 11.8 Å². The molecule has 0 aromatic heterocycles. The van der Waals surface area contributed by atoms with Crippen LogP contribution in [-0.4, -0.2) is 11.2 Å². The second kappa shape index (κ2) is 2.85. The van der Waals surface area contributed by atoms with Gasteiger partial charge in [0.2, 0.25) is 0 Å². The summed E-state index contributed by atoms with van der Waals surface area (Å²) in [7, 11) is 0. The van der Waals surface area contributed by atoms with Gasteiger partial charge >= 0.3 is 0 Å². The van der Waals surface area contributed by atoms with Crippen molar-refractivity contribution >= 4 is 0 Å². The maximum atomic E-state index is 10.9. The van der Waals surface area contributed by atoms with Gasteiger partial charge < -0.3 is 5.11 Å². The molecule has 1 spiro atoms. The largest absolute Gasteiger partial charge is 0.392 e. The second-order valence-corrected chi connectivity index (χ2v) is 7.83. The highest BCUT2D eigenvalue weighted by Crippen LogP contribution is 2.75. The average Bonchev–Trinajstić information content (AvgIpc) is 2.68. The van der Waals surface area contributed by atoms with Gasteiger partial charge in [0.05, 0.1) is 6.10 Å². The van der Waals surface area contributed by atoms with E-state index in [0.29, 0.717) is 5.41 Å². The molecule has 0 amide bonds. The van der Waals surface area contributed by atoms with E-state index >= 15 is 0 Å². The first-order valence-electron chi connectivity index (χ1n) is 7.02. The van der Waals surface area contributed by atoms with Crippen molar-refractivity contribution in [2.24, 2.45) is 28.1 Å². The molecule has 1 heteroatoms. The molecule has 3 rings (SSSR count). The van der Waals surface area contributed by atoms with Crippen molar-refractivity contribution in [3.63, 3.8) is 0 Å². The monoisotopic (exact) mass is 222 g/mol. The Labute approximate surface area is 99.6 Å². The van der Waals surface area contributed by atoms with Crippen molar-refractivity contribution in [1.82, 2.24) is 0 Å². The van der Waals surface area contributed by atoms with Crippen molar-refractivity contribution in [2.75, 3.05) is 0 Å². The number of rotatable bonds is 0. The van der Waals surface area contributed by atoms with Crippen molar-refractivity contribution in [2.45, 2.75) is 65.9 Å². The summed E-state index contributed by atoms with van der Waals surface area (Å²) in [4.78, 5) is 0. The third-order valence-corrected chi connectivity index (χ3v) is 6.57. The fourth-order valence-corrected chi connectivity index (χ4v) is 6.08. The fraction of sp³-hybridized carbons (Fsp3) is 1.00. The summed E-state index contributed by atoms with van der Waals surface area (Å²) >= 11 is 0. The Morgan fingerprint density at radius 3 is 2.44 bits per heavy atom. The zero-order chi connectivity index (χ0) is 11.8. The molecule has 3 saturated carbocycles. The van der Waals surface area contributed by atoms with E-state index in [1.165, 1.54) is 32.1 Å². The quantitative estimate of drug-likeness (QED) is 0.664. The lowest BCUT2D eigenvalue weighted by Crippen LogP contribution is -2.43. The van der Waals surface area contributed by atoms with Gasteiger partial charge in [0.1, 0.15) is 0 Å². The lowest BCUT2D eigenvalue weighted by Gasteiger charge is -2.42. The van der Waals surface area contributed by atoms with Gasteiger partial charge in [0.25, 0.3) is 0 Å². The zero-order valence-corrected chi connectivity index (χ0v) is 11.2. The molecular weight excluding hydrogens is 196 g/mol. The van der Waals surface area contributed by atoms with Crippen LogP contribution in [0.3, 0.4) is 0 Å². The molecule has 3 aliphatic rings. The van der Waals surface area contributed by atoms with Gasteiger partial charge in [-0.2, -0.15) is 0 Å². The summed E-state index contributed by atoms with van der Waals surface area (Å²) < 4.78 is 0. The van der Waals surface area contributed by atoms with Gasteiger partial charge in [-0.05, 0) is 54.8 Å². The lowest BCUT2D eigenvalue weighted by molar-refractivity contribution is -0.0497. The van der Waals surface area contributed by atoms with E-state index in [4.69, 9.17) is 0 Å². The van der Waals surface area contributed by atoms with E-state index in [1.807, 2.05) is 0 Å². The van der Waals surface area contributed by atoms with Crippen LogP contribution in [0.5, 0.6) is 0 Å². The van der Waals surface area contributed by atoms with Crippen LogP contribution >= 0.6 is 0 Å². The smallest absolute Gasteiger partial charge is 0.0655 e. The molecule has 0 aromatic rings. The molecule has 0 radical (unpaired) electrons. The molecule has 0 aliphatic heterocycles. The van der Waals surface area contributed by atoms with Crippen LogP contribution < -0.4 is 0 Å². The third kappa shape index (κ3) is 0.978. The Morgan fingerprint density at radius 1 is 1.06 bits per heavy atom. The van der Waals surface area contributed by atoms with Crippen LogP contribution in [0.2, 0.25) is 0 Å². The van der Waals surface area contributed by atoms with Gasteiger partial charge in [0.15, 0.2) is 0 Å². The van der Waals surface area contributed by atoms with Crippen LogP contribution in [-0.2, 0) is 0 Å². The molecule has 0 saturated heterocycles. The third-order valence-electron chi connectivity index (χ3n) is 6.57. The van der Waals surface area contributed by atoms with Crippen LogP contribution in [0.15, 0.2) is 0 Å². The first-order valence-corrected chi connectivity index (χ1v) is 7.02. The van der Waals surface area contributed by atoms with Crippen molar-refractivity contribution in [3.8, 4) is 0 Å². The minimum Gasteiger partial charge on any atom is -0.392 e. The van der Waals surface area contributed by atoms with Crippen LogP contribution in [0.1, 0.15) is 59.8 Å². The predicted octanol–water partition coefficient (Wildman–Crippen LogP) is 3.61. The summed E-state index contributed by atoms with van der Waals surface area (Å²) in [5, 5.41) is 10.9. The maximum absolute atomic E-state index is 10.9. The van der Waals surface area contributed by atoms with E-state index in [1.54, 1.807) is 0 Å². The van der Waals surface area contributed by atoms with Gasteiger partial charge in [-0.3, -0.25) is 0 Å². The van der Waals surface area contributed by atoms with E-state index < -0.39 is 0 Å². The minimum absolute atomic E-state index is 0.0672. The standard InChI is InChI=1S/C15H26O/c1-10-5-8-15-11(10)6-7-14(15,4)9-13(2,3)12(15)16/h10-12,16H,5-9H2,1-4H3/t10-,11+,12+,14+,15?/m1/s1. The SMILES string of the molecule is C[C@@H]1CCC23[C@H]1CC[C@@]2(C)CC(C)(C)[C@@H]3O. The zero-order valence-electron chi connectivity index (χ0n) is 11.2. The predicted molar refractivity (Wildman–Crippen MR) is 66.1 cm³/mol. The Kier molecular flexibility index (Phi) is 1.98. The van der Waals surface area contributed by atoms with E-state index in [2.05, 4.69) is 27.7 Å². The fourth-order valence-electron chi connectivity index (χ4n) is 6.08. The second-order valence-electron chi connectivity index (χ2n) is 7.83.